The topological polar surface area (TPSA) is 51.6 Å². The van der Waals surface area contributed by atoms with Gasteiger partial charge in [-0.05, 0) is 267 Å². The molecule has 0 bridgehead atoms. The summed E-state index contributed by atoms with van der Waals surface area (Å²) >= 11 is 3.69. The highest BCUT2D eigenvalue weighted by molar-refractivity contribution is 8.00. The van der Waals surface area contributed by atoms with Gasteiger partial charge in [-0.25, -0.2) is 0 Å². The van der Waals surface area contributed by atoms with E-state index in [1.54, 1.807) is 0 Å². The molecule has 0 spiro atoms. The lowest BCUT2D eigenvalue weighted by molar-refractivity contribution is 0.668. The average molecular weight is 1510 g/mol. The summed E-state index contributed by atoms with van der Waals surface area (Å²) in [6, 6.07) is 136. The lowest BCUT2D eigenvalue weighted by Gasteiger charge is -2.30. The van der Waals surface area contributed by atoms with Gasteiger partial charge in [-0.15, -0.1) is 0 Å². The summed E-state index contributed by atoms with van der Waals surface area (Å²) in [7, 11) is 0. The molecule has 2 aliphatic rings. The molecule has 0 N–H and O–H groups in total. The van der Waals surface area contributed by atoms with Crippen LogP contribution in [0.15, 0.2) is 427 Å². The number of fused-ring (bicyclic) bond motifs is 14. The number of hydrogen-bond donors (Lipinski definition) is 0. The van der Waals surface area contributed by atoms with Crippen molar-refractivity contribution >= 4 is 185 Å². The lowest BCUT2D eigenvalue weighted by atomic mass is 9.92. The van der Waals surface area contributed by atoms with Gasteiger partial charge in [-0.2, -0.15) is 0 Å². The van der Waals surface area contributed by atoms with Crippen molar-refractivity contribution in [1.82, 2.24) is 0 Å². The van der Waals surface area contributed by atoms with Crippen LogP contribution in [0.3, 0.4) is 0 Å². The standard InChI is InChI=1S/C106H69N5O2S2/c1-67(108(96-38-20-18-34-83(96)68-24-8-3-9-25-68)77-45-42-70-58-94-85-51-47-81(64-103(85)114-101-40-22-36-87(105(94)101)89(70)60-77)110(75-30-14-6-15-31-75)79-49-54-99-92(62-79)84-35-19-21-39-97(84)112-99)56-72(66-107-2)69-44-53-98-91(57-69)93-63-80(50-55-100(93)113-98)111(76-32-16-7-17-33-76)82-48-52-86-95-59-71-43-46-78(109(73-26-10-4-11-27-73)74-28-12-5-13-29-74)61-90(71)88-37-23-41-102(106(88)95)115-104(86)65-82/h3-66H,2H2,1H3/b67-56+,72-66+. The van der Waals surface area contributed by atoms with Crippen LogP contribution in [0.4, 0.5) is 62.6 Å². The van der Waals surface area contributed by atoms with E-state index in [4.69, 9.17) is 8.83 Å². The number of nitrogens with zero attached hydrogens (tertiary/aromatic N) is 5. The first-order valence-corrected chi connectivity index (χ1v) is 40.4. The Bertz CT molecular complexity index is 7360. The van der Waals surface area contributed by atoms with Crippen LogP contribution in [0.1, 0.15) is 12.5 Å². The molecule has 115 heavy (non-hydrogen) atoms. The van der Waals surface area contributed by atoms with Crippen molar-refractivity contribution in [3.63, 3.8) is 0 Å². The van der Waals surface area contributed by atoms with Crippen LogP contribution in [0.5, 0.6) is 0 Å². The van der Waals surface area contributed by atoms with E-state index in [-0.39, 0.29) is 0 Å². The second-order valence-electron chi connectivity index (χ2n) is 29.5. The Kier molecular flexibility index (Phi) is 16.3. The third kappa shape index (κ3) is 11.6. The number of anilines is 11. The van der Waals surface area contributed by atoms with E-state index in [1.807, 2.05) is 41.9 Å². The highest BCUT2D eigenvalue weighted by atomic mass is 32.2. The Morgan fingerprint density at radius 2 is 0.696 bits per heavy atom. The highest BCUT2D eigenvalue weighted by Gasteiger charge is 2.29. The molecule has 0 unspecified atom stereocenters. The van der Waals surface area contributed by atoms with Gasteiger partial charge < -0.3 is 28.4 Å². The first-order valence-electron chi connectivity index (χ1n) is 38.8. The summed E-state index contributed by atoms with van der Waals surface area (Å²) < 4.78 is 13.1. The maximum Gasteiger partial charge on any atom is 0.135 e. The monoisotopic (exact) mass is 1510 g/mol. The summed E-state index contributed by atoms with van der Waals surface area (Å²) in [5, 5.41) is 13.9. The summed E-state index contributed by atoms with van der Waals surface area (Å²) in [5.74, 6) is 0. The summed E-state index contributed by atoms with van der Waals surface area (Å²) in [6.45, 7) is 6.28. The molecule has 7 nitrogen and oxygen atoms in total. The Balaban J connectivity index is 0.617. The fourth-order valence-electron chi connectivity index (χ4n) is 17.6. The van der Waals surface area contributed by atoms with Gasteiger partial charge >= 0.3 is 0 Å². The van der Waals surface area contributed by atoms with E-state index in [0.717, 1.165) is 140 Å². The quantitative estimate of drug-likeness (QED) is 0.0539. The summed E-state index contributed by atoms with van der Waals surface area (Å²) in [5.41, 5.74) is 25.1. The van der Waals surface area contributed by atoms with E-state index in [0.29, 0.717) is 0 Å². The third-order valence-electron chi connectivity index (χ3n) is 22.7. The average Bonchev–Trinajstić information content (AvgIpc) is 1.30. The van der Waals surface area contributed by atoms with Crippen molar-refractivity contribution in [3.05, 3.63) is 400 Å². The molecule has 0 aliphatic carbocycles. The number of furan rings is 2. The molecule has 20 aromatic rings. The molecule has 0 fully saturated rings. The second kappa shape index (κ2) is 27.8. The first kappa shape index (κ1) is 67.5. The smallest absolute Gasteiger partial charge is 0.135 e. The molecule has 4 heterocycles. The van der Waals surface area contributed by atoms with Crippen LogP contribution in [0, 0.1) is 0 Å². The predicted octanol–water partition coefficient (Wildman–Crippen LogP) is 31.2. The maximum atomic E-state index is 6.77. The number of benzene rings is 18. The van der Waals surface area contributed by atoms with Gasteiger partial charge in [-0.3, -0.25) is 4.99 Å². The minimum absolute atomic E-state index is 0.795. The molecule has 2 aliphatic heterocycles. The molecule has 2 aromatic heterocycles. The number of hydrogen-bond acceptors (Lipinski definition) is 9. The largest absolute Gasteiger partial charge is 0.456 e. The van der Waals surface area contributed by atoms with Gasteiger partial charge in [0, 0.05) is 132 Å². The lowest BCUT2D eigenvalue weighted by Crippen LogP contribution is -2.15. The third-order valence-corrected chi connectivity index (χ3v) is 25.0. The van der Waals surface area contributed by atoms with E-state index in [9.17, 15) is 0 Å². The Morgan fingerprint density at radius 3 is 1.23 bits per heavy atom. The van der Waals surface area contributed by atoms with Crippen LogP contribution < -0.4 is 19.6 Å². The fourth-order valence-corrected chi connectivity index (χ4v) is 19.9. The van der Waals surface area contributed by atoms with Gasteiger partial charge in [0.15, 0.2) is 0 Å². The fraction of sp³-hybridized carbons (Fsp3) is 0.00943. The molecule has 0 radical (unpaired) electrons. The predicted molar refractivity (Wildman–Crippen MR) is 486 cm³/mol. The van der Waals surface area contributed by atoms with Gasteiger partial charge in [0.1, 0.15) is 22.3 Å². The van der Waals surface area contributed by atoms with Gasteiger partial charge in [0.05, 0.1) is 5.69 Å². The zero-order chi connectivity index (χ0) is 76.2. The van der Waals surface area contributed by atoms with Crippen LogP contribution in [-0.4, -0.2) is 6.72 Å². The maximum absolute atomic E-state index is 6.77. The molecule has 18 aromatic carbocycles. The number of rotatable bonds is 16. The summed E-state index contributed by atoms with van der Waals surface area (Å²) in [4.78, 5) is 18.9. The molecule has 0 saturated carbocycles. The van der Waals surface area contributed by atoms with E-state index < -0.39 is 0 Å². The van der Waals surface area contributed by atoms with E-state index >= 15 is 0 Å². The van der Waals surface area contributed by atoms with Crippen molar-refractivity contribution in [2.45, 2.75) is 26.5 Å². The number of para-hydroxylation sites is 6. The molecular formula is C106H69N5O2S2. The Morgan fingerprint density at radius 1 is 0.296 bits per heavy atom. The normalized spacial score (nSPS) is 12.5. The van der Waals surface area contributed by atoms with Crippen LogP contribution in [0.25, 0.3) is 126 Å². The Labute approximate surface area is 673 Å². The molecular weight excluding hydrogens is 1440 g/mol. The molecule has 0 amide bonds. The Hall–Kier alpha value is -14.4. The van der Waals surface area contributed by atoms with Crippen molar-refractivity contribution < 1.29 is 8.83 Å². The van der Waals surface area contributed by atoms with Gasteiger partial charge in [0.25, 0.3) is 0 Å². The molecule has 0 atom stereocenters. The molecule has 542 valence electrons. The minimum Gasteiger partial charge on any atom is -0.456 e. The van der Waals surface area contributed by atoms with Crippen molar-refractivity contribution in [2.75, 3.05) is 19.6 Å². The molecule has 22 rings (SSSR count). The van der Waals surface area contributed by atoms with E-state index in [1.165, 1.54) is 79.5 Å². The van der Waals surface area contributed by atoms with Crippen molar-refractivity contribution in [2.24, 2.45) is 4.99 Å². The van der Waals surface area contributed by atoms with Crippen molar-refractivity contribution in [3.8, 4) is 33.4 Å². The van der Waals surface area contributed by atoms with Crippen molar-refractivity contribution in [1.29, 1.82) is 0 Å². The second-order valence-corrected chi connectivity index (χ2v) is 31.6. The van der Waals surface area contributed by atoms with Crippen LogP contribution in [0.2, 0.25) is 0 Å². The first-order chi connectivity index (χ1) is 56.9. The minimum atomic E-state index is 0.795. The zero-order valence-electron chi connectivity index (χ0n) is 62.5. The molecule has 9 heteroatoms. The van der Waals surface area contributed by atoms with Crippen LogP contribution >= 0.6 is 23.5 Å². The molecule has 0 saturated heterocycles. The number of aliphatic imine (C=N–C) groups is 1. The van der Waals surface area contributed by atoms with Gasteiger partial charge in [-0.1, -0.05) is 218 Å². The van der Waals surface area contributed by atoms with Crippen LogP contribution in [-0.2, 0) is 0 Å². The SMILES string of the molecule is C=N/C=C(\C=C(/C)N(c1ccc2cc3c4c(cccc4c2c1)Sc1cc(N(c2ccccc2)c2ccc4oc5ccccc5c4c2)ccc1-3)c1ccccc1-c1ccccc1)c1ccc2oc3ccc(N(c4ccccc4)c4ccc5c(c4)Sc4cccc6c4c-5cc4ccc(N(c5ccccc5)c5ccccc5)cc46)cc3c2c1. The van der Waals surface area contributed by atoms with Gasteiger partial charge in [0.2, 0.25) is 0 Å². The highest BCUT2D eigenvalue weighted by Crippen LogP contribution is 2.56. The zero-order valence-corrected chi connectivity index (χ0v) is 64.2. The van der Waals surface area contributed by atoms with E-state index in [2.05, 4.69) is 408 Å². The number of allylic oxidation sites excluding steroid dienone is 3. The summed E-state index contributed by atoms with van der Waals surface area (Å²) in [6.07, 6.45) is 4.13.